The van der Waals surface area contributed by atoms with Gasteiger partial charge in [0, 0.05) is 24.2 Å². The van der Waals surface area contributed by atoms with Crippen molar-refractivity contribution < 1.29 is 19.1 Å². The van der Waals surface area contributed by atoms with E-state index in [1.807, 2.05) is 92.7 Å². The van der Waals surface area contributed by atoms with E-state index in [4.69, 9.17) is 9.47 Å². The summed E-state index contributed by atoms with van der Waals surface area (Å²) in [6.07, 6.45) is 1.52. The number of carbonyl (C=O) groups is 2. The van der Waals surface area contributed by atoms with Gasteiger partial charge in [-0.25, -0.2) is 4.79 Å². The maximum atomic E-state index is 12.6. The minimum atomic E-state index is -0.220. The first-order valence-corrected chi connectivity index (χ1v) is 11.9. The predicted molar refractivity (Wildman–Crippen MR) is 133 cm³/mol. The van der Waals surface area contributed by atoms with Gasteiger partial charge >= 0.3 is 6.09 Å². The molecule has 1 fully saturated rings. The second-order valence-electron chi connectivity index (χ2n) is 8.97. The van der Waals surface area contributed by atoms with E-state index in [9.17, 15) is 9.59 Å². The van der Waals surface area contributed by atoms with Crippen molar-refractivity contribution in [3.05, 3.63) is 90.0 Å². The molecule has 3 aromatic carbocycles. The number of hydrogen-bond donors (Lipinski definition) is 0. The summed E-state index contributed by atoms with van der Waals surface area (Å²) in [7, 11) is 0. The number of likely N-dealkylation sites (tertiary alicyclic amines) is 1. The van der Waals surface area contributed by atoms with Crippen molar-refractivity contribution >= 4 is 11.9 Å². The van der Waals surface area contributed by atoms with E-state index in [-0.39, 0.29) is 18.0 Å². The Morgan fingerprint density at radius 1 is 0.824 bits per heavy atom. The van der Waals surface area contributed by atoms with Crippen LogP contribution in [0.1, 0.15) is 42.6 Å². The number of piperidine rings is 1. The summed E-state index contributed by atoms with van der Waals surface area (Å²) in [6.45, 7) is 5.79. The minimum absolute atomic E-state index is 0.0264. The third-order valence-corrected chi connectivity index (χ3v) is 6.07. The van der Waals surface area contributed by atoms with Crippen LogP contribution in [-0.2, 0) is 4.74 Å². The smallest absolute Gasteiger partial charge is 0.410 e. The van der Waals surface area contributed by atoms with Gasteiger partial charge < -0.3 is 14.4 Å². The van der Waals surface area contributed by atoms with Crippen LogP contribution in [0.15, 0.2) is 78.9 Å². The van der Waals surface area contributed by atoms with Gasteiger partial charge in [0.15, 0.2) is 5.78 Å². The van der Waals surface area contributed by atoms with E-state index in [1.165, 1.54) is 0 Å². The van der Waals surface area contributed by atoms with Crippen LogP contribution >= 0.6 is 0 Å². The summed E-state index contributed by atoms with van der Waals surface area (Å²) >= 11 is 0. The number of benzene rings is 3. The van der Waals surface area contributed by atoms with Crippen LogP contribution in [-0.4, -0.2) is 42.6 Å². The van der Waals surface area contributed by atoms with Crippen LogP contribution in [0.25, 0.3) is 11.1 Å². The molecule has 0 unspecified atom stereocenters. The minimum Gasteiger partial charge on any atom is -0.493 e. The third-order valence-electron chi connectivity index (χ3n) is 6.07. The molecule has 1 amide bonds. The summed E-state index contributed by atoms with van der Waals surface area (Å²) in [6, 6.07) is 25.0. The molecule has 0 bridgehead atoms. The molecule has 0 atom stereocenters. The van der Waals surface area contributed by atoms with Gasteiger partial charge in [-0.1, -0.05) is 66.7 Å². The van der Waals surface area contributed by atoms with E-state index in [0.29, 0.717) is 36.7 Å². The molecule has 4 rings (SSSR count). The topological polar surface area (TPSA) is 55.8 Å². The fourth-order valence-corrected chi connectivity index (χ4v) is 4.09. The van der Waals surface area contributed by atoms with Crippen molar-refractivity contribution in [2.45, 2.75) is 32.8 Å². The Bertz CT molecular complexity index is 1080. The number of hydrogen-bond acceptors (Lipinski definition) is 4. The van der Waals surface area contributed by atoms with Crippen LogP contribution in [0.2, 0.25) is 0 Å². The van der Waals surface area contributed by atoms with Crippen molar-refractivity contribution in [2.24, 2.45) is 5.92 Å². The highest BCUT2D eigenvalue weighted by Gasteiger charge is 2.24. The van der Waals surface area contributed by atoms with Gasteiger partial charge in [-0.15, -0.1) is 0 Å². The summed E-state index contributed by atoms with van der Waals surface area (Å²) < 4.78 is 11.3. The quantitative estimate of drug-likeness (QED) is 0.395. The van der Waals surface area contributed by atoms with E-state index in [0.717, 1.165) is 29.7 Å². The summed E-state index contributed by atoms with van der Waals surface area (Å²) in [5.41, 5.74) is 3.50. The van der Waals surface area contributed by atoms with Crippen molar-refractivity contribution in [1.82, 2.24) is 4.90 Å². The molecule has 1 aliphatic rings. The largest absolute Gasteiger partial charge is 0.493 e. The highest BCUT2D eigenvalue weighted by atomic mass is 16.6. The zero-order valence-corrected chi connectivity index (χ0v) is 19.8. The van der Waals surface area contributed by atoms with E-state index >= 15 is 0 Å². The maximum absolute atomic E-state index is 12.6. The molecule has 176 valence electrons. The van der Waals surface area contributed by atoms with Crippen LogP contribution in [0.3, 0.4) is 0 Å². The highest BCUT2D eigenvalue weighted by Crippen LogP contribution is 2.25. The molecule has 0 aliphatic carbocycles. The highest BCUT2D eigenvalue weighted by molar-refractivity contribution is 6.09. The van der Waals surface area contributed by atoms with E-state index in [1.54, 1.807) is 4.90 Å². The summed E-state index contributed by atoms with van der Waals surface area (Å²) in [5, 5.41) is 0. The zero-order chi connectivity index (χ0) is 23.9. The molecule has 0 spiro atoms. The van der Waals surface area contributed by atoms with Gasteiger partial charge in [0.1, 0.15) is 5.75 Å². The fraction of sp³-hybridized carbons (Fsp3) is 0.310. The van der Waals surface area contributed by atoms with Gasteiger partial charge in [-0.05, 0) is 55.9 Å². The van der Waals surface area contributed by atoms with Crippen molar-refractivity contribution in [3.63, 3.8) is 0 Å². The lowest BCUT2D eigenvalue weighted by Crippen LogP contribution is -2.40. The molecule has 5 nitrogen and oxygen atoms in total. The Labute approximate surface area is 201 Å². The number of amides is 1. The molecule has 0 N–H and O–H groups in total. The standard InChI is InChI=1S/C29H31NO4/c1-21(2)34-29(32)30-18-16-22(17-19-30)20-33-27-14-12-24(13-15-27)23-8-10-26(11-9-23)28(31)25-6-4-3-5-7-25/h3-15,21-22H,16-20H2,1-2H3. The molecule has 1 heterocycles. The van der Waals surface area contributed by atoms with Crippen molar-refractivity contribution in [1.29, 1.82) is 0 Å². The maximum Gasteiger partial charge on any atom is 0.410 e. The van der Waals surface area contributed by atoms with Crippen LogP contribution in [0.4, 0.5) is 4.79 Å². The van der Waals surface area contributed by atoms with Crippen LogP contribution in [0, 0.1) is 5.92 Å². The van der Waals surface area contributed by atoms with E-state index in [2.05, 4.69) is 0 Å². The summed E-state index contributed by atoms with van der Waals surface area (Å²) in [5.74, 6) is 1.29. The van der Waals surface area contributed by atoms with Crippen molar-refractivity contribution in [3.8, 4) is 16.9 Å². The first-order chi connectivity index (χ1) is 16.5. The average Bonchev–Trinajstić information content (AvgIpc) is 2.88. The van der Waals surface area contributed by atoms with Gasteiger partial charge in [0.05, 0.1) is 12.7 Å². The SMILES string of the molecule is CC(C)OC(=O)N1CCC(COc2ccc(-c3ccc(C(=O)c4ccccc4)cc3)cc2)CC1. The molecule has 0 saturated carbocycles. The molecule has 3 aromatic rings. The molecule has 5 heteroatoms. The van der Waals surface area contributed by atoms with Crippen LogP contribution < -0.4 is 4.74 Å². The Kier molecular flexibility index (Phi) is 7.63. The second kappa shape index (κ2) is 11.0. The number of ether oxygens (including phenoxy) is 2. The third kappa shape index (κ3) is 6.04. The van der Waals surface area contributed by atoms with Crippen molar-refractivity contribution in [2.75, 3.05) is 19.7 Å². The number of carbonyl (C=O) groups excluding carboxylic acids is 2. The first-order valence-electron chi connectivity index (χ1n) is 11.9. The molecule has 1 aliphatic heterocycles. The molecule has 0 radical (unpaired) electrons. The Morgan fingerprint density at radius 3 is 1.97 bits per heavy atom. The molecular weight excluding hydrogens is 426 g/mol. The Hall–Kier alpha value is -3.60. The van der Waals surface area contributed by atoms with Crippen LogP contribution in [0.5, 0.6) is 5.75 Å². The lowest BCUT2D eigenvalue weighted by molar-refractivity contribution is 0.0608. The lowest BCUT2D eigenvalue weighted by atomic mass is 9.98. The molecule has 0 aromatic heterocycles. The van der Waals surface area contributed by atoms with E-state index < -0.39 is 0 Å². The monoisotopic (exact) mass is 457 g/mol. The molecular formula is C29H31NO4. The molecule has 1 saturated heterocycles. The number of nitrogens with zero attached hydrogens (tertiary/aromatic N) is 1. The second-order valence-corrected chi connectivity index (χ2v) is 8.97. The van der Waals surface area contributed by atoms with Gasteiger partial charge in [-0.2, -0.15) is 0 Å². The first kappa shape index (κ1) is 23.6. The fourth-order valence-electron chi connectivity index (χ4n) is 4.09. The predicted octanol–water partition coefficient (Wildman–Crippen LogP) is 6.22. The Balaban J connectivity index is 1.27. The average molecular weight is 458 g/mol. The zero-order valence-electron chi connectivity index (χ0n) is 19.8. The Morgan fingerprint density at radius 2 is 1.38 bits per heavy atom. The summed E-state index contributed by atoms with van der Waals surface area (Å²) in [4.78, 5) is 26.4. The van der Waals surface area contributed by atoms with Gasteiger partial charge in [-0.3, -0.25) is 4.79 Å². The molecule has 34 heavy (non-hydrogen) atoms. The normalized spacial score (nSPS) is 14.1. The number of rotatable bonds is 7. The lowest BCUT2D eigenvalue weighted by Gasteiger charge is -2.31. The number of ketones is 1. The van der Waals surface area contributed by atoms with Gasteiger partial charge in [0.2, 0.25) is 0 Å². The van der Waals surface area contributed by atoms with Gasteiger partial charge in [0.25, 0.3) is 0 Å².